The number of oxazole rings is 1. The number of nitrogens with two attached hydrogens (primary N) is 1. The van der Waals surface area contributed by atoms with E-state index in [1.165, 1.54) is 6.26 Å². The zero-order chi connectivity index (χ0) is 12.4. The number of rotatable bonds is 4. The molecule has 0 saturated heterocycles. The van der Waals surface area contributed by atoms with Crippen LogP contribution in [0.2, 0.25) is 0 Å². The molecular weight excluding hydrogens is 236 g/mol. The van der Waals surface area contributed by atoms with Gasteiger partial charge in [0.1, 0.15) is 12.9 Å². The van der Waals surface area contributed by atoms with E-state index in [1.807, 2.05) is 18.2 Å². The van der Waals surface area contributed by atoms with Gasteiger partial charge in [0, 0.05) is 6.54 Å². The van der Waals surface area contributed by atoms with E-state index < -0.39 is 0 Å². The van der Waals surface area contributed by atoms with Gasteiger partial charge in [0.25, 0.3) is 0 Å². The summed E-state index contributed by atoms with van der Waals surface area (Å²) in [6.07, 6.45) is 1.70. The van der Waals surface area contributed by atoms with Crippen molar-refractivity contribution >= 4 is 0 Å². The van der Waals surface area contributed by atoms with Crippen molar-refractivity contribution in [3.05, 3.63) is 35.7 Å². The molecule has 0 fully saturated rings. The van der Waals surface area contributed by atoms with Gasteiger partial charge in [-0.05, 0) is 17.7 Å². The van der Waals surface area contributed by atoms with Gasteiger partial charge in [0.2, 0.25) is 6.79 Å². The van der Waals surface area contributed by atoms with Gasteiger partial charge in [-0.1, -0.05) is 6.07 Å². The Bertz CT molecular complexity index is 553. The molecule has 6 heteroatoms. The fourth-order valence-electron chi connectivity index (χ4n) is 1.62. The number of benzene rings is 1. The molecule has 3 rings (SSSR count). The van der Waals surface area contributed by atoms with Gasteiger partial charge in [-0.2, -0.15) is 4.98 Å². The lowest BCUT2D eigenvalue weighted by atomic mass is 10.2. The summed E-state index contributed by atoms with van der Waals surface area (Å²) in [6, 6.07) is 5.62. The van der Waals surface area contributed by atoms with Crippen LogP contribution >= 0.6 is 0 Å². The van der Waals surface area contributed by atoms with Gasteiger partial charge in [0.15, 0.2) is 11.5 Å². The summed E-state index contributed by atoms with van der Waals surface area (Å²) in [7, 11) is 0. The average molecular weight is 248 g/mol. The van der Waals surface area contributed by atoms with Crippen molar-refractivity contribution < 1.29 is 18.6 Å². The van der Waals surface area contributed by atoms with E-state index in [4.69, 9.17) is 24.4 Å². The van der Waals surface area contributed by atoms with Crippen LogP contribution in [0.1, 0.15) is 11.3 Å². The van der Waals surface area contributed by atoms with Crippen molar-refractivity contribution in [2.24, 2.45) is 5.73 Å². The Morgan fingerprint density at radius 1 is 1.28 bits per heavy atom. The number of nitrogens with zero attached hydrogens (tertiary/aromatic N) is 1. The smallest absolute Gasteiger partial charge is 0.394 e. The second kappa shape index (κ2) is 4.58. The van der Waals surface area contributed by atoms with E-state index in [2.05, 4.69) is 4.98 Å². The fraction of sp³-hybridized carbons (Fsp3) is 0.250. The maximum atomic E-state index is 5.42. The molecule has 1 aliphatic rings. The van der Waals surface area contributed by atoms with E-state index in [0.717, 1.165) is 17.1 Å². The van der Waals surface area contributed by atoms with E-state index in [0.29, 0.717) is 18.8 Å². The van der Waals surface area contributed by atoms with Gasteiger partial charge < -0.3 is 24.4 Å². The first-order chi connectivity index (χ1) is 8.85. The molecule has 1 aliphatic heterocycles. The molecule has 0 spiro atoms. The minimum atomic E-state index is 0.216. The van der Waals surface area contributed by atoms with Crippen LogP contribution in [0.25, 0.3) is 0 Å². The third-order valence-electron chi connectivity index (χ3n) is 2.54. The van der Waals surface area contributed by atoms with E-state index in [-0.39, 0.29) is 12.9 Å². The summed E-state index contributed by atoms with van der Waals surface area (Å²) >= 11 is 0. The Balaban J connectivity index is 1.66. The van der Waals surface area contributed by atoms with Crippen LogP contribution in [0, 0.1) is 0 Å². The highest BCUT2D eigenvalue weighted by molar-refractivity contribution is 5.44. The molecule has 1 aromatic carbocycles. The molecule has 2 aromatic rings. The highest BCUT2D eigenvalue weighted by Crippen LogP contribution is 2.32. The average Bonchev–Trinajstić information content (AvgIpc) is 3.04. The van der Waals surface area contributed by atoms with Crippen molar-refractivity contribution in [3.8, 4) is 17.6 Å². The maximum absolute atomic E-state index is 5.42. The van der Waals surface area contributed by atoms with Gasteiger partial charge in [-0.25, -0.2) is 0 Å². The lowest BCUT2D eigenvalue weighted by molar-refractivity contribution is 0.173. The fourth-order valence-corrected chi connectivity index (χ4v) is 1.62. The second-order valence-corrected chi connectivity index (χ2v) is 3.79. The van der Waals surface area contributed by atoms with Gasteiger partial charge in [0.05, 0.1) is 5.69 Å². The van der Waals surface area contributed by atoms with Crippen molar-refractivity contribution in [1.29, 1.82) is 0 Å². The summed E-state index contributed by atoms with van der Waals surface area (Å²) in [5, 5.41) is 0. The standard InChI is InChI=1S/C12H12N2O4/c13-4-9-6-16-12(14-9)15-5-8-1-2-10-11(3-8)18-7-17-10/h1-3,6H,4-5,7,13H2. The maximum Gasteiger partial charge on any atom is 0.394 e. The lowest BCUT2D eigenvalue weighted by Crippen LogP contribution is -1.98. The van der Waals surface area contributed by atoms with Gasteiger partial charge in [-0.3, -0.25) is 0 Å². The second-order valence-electron chi connectivity index (χ2n) is 3.79. The van der Waals surface area contributed by atoms with Crippen LogP contribution in [-0.4, -0.2) is 11.8 Å². The summed E-state index contributed by atoms with van der Waals surface area (Å²) in [5.74, 6) is 1.48. The van der Waals surface area contributed by atoms with Crippen LogP contribution in [0.15, 0.2) is 28.9 Å². The molecule has 6 nitrogen and oxygen atoms in total. The van der Waals surface area contributed by atoms with Crippen LogP contribution in [0.4, 0.5) is 0 Å². The first kappa shape index (κ1) is 10.9. The predicted octanol–water partition coefficient (Wildman–Crippen LogP) is 1.44. The first-order valence-electron chi connectivity index (χ1n) is 5.51. The van der Waals surface area contributed by atoms with Crippen LogP contribution < -0.4 is 19.9 Å². The van der Waals surface area contributed by atoms with Gasteiger partial charge >= 0.3 is 6.08 Å². The molecule has 0 aliphatic carbocycles. The minimum Gasteiger partial charge on any atom is -0.454 e. The predicted molar refractivity (Wildman–Crippen MR) is 61.3 cm³/mol. The number of hydrogen-bond acceptors (Lipinski definition) is 6. The zero-order valence-electron chi connectivity index (χ0n) is 9.59. The molecule has 1 aromatic heterocycles. The Hall–Kier alpha value is -2.21. The first-order valence-corrected chi connectivity index (χ1v) is 5.51. The molecule has 0 saturated carbocycles. The largest absolute Gasteiger partial charge is 0.454 e. The molecule has 2 heterocycles. The third-order valence-corrected chi connectivity index (χ3v) is 2.54. The number of ether oxygens (including phenoxy) is 3. The summed E-state index contributed by atoms with van der Waals surface area (Å²) < 4.78 is 21.0. The Morgan fingerprint density at radius 2 is 2.17 bits per heavy atom. The summed E-state index contributed by atoms with van der Waals surface area (Å²) in [6.45, 7) is 0.942. The van der Waals surface area contributed by atoms with E-state index >= 15 is 0 Å². The van der Waals surface area contributed by atoms with Crippen LogP contribution in [-0.2, 0) is 13.2 Å². The monoisotopic (exact) mass is 248 g/mol. The number of hydrogen-bond donors (Lipinski definition) is 1. The molecule has 0 radical (unpaired) electrons. The topological polar surface area (TPSA) is 79.7 Å². The molecule has 0 atom stereocenters. The number of fused-ring (bicyclic) bond motifs is 1. The lowest BCUT2D eigenvalue weighted by Gasteiger charge is -2.02. The van der Waals surface area contributed by atoms with Crippen molar-refractivity contribution in [2.75, 3.05) is 6.79 Å². The van der Waals surface area contributed by atoms with Crippen molar-refractivity contribution in [2.45, 2.75) is 13.2 Å². The van der Waals surface area contributed by atoms with E-state index in [1.54, 1.807) is 0 Å². The SMILES string of the molecule is NCc1coc(OCc2ccc3c(c2)OCO3)n1. The minimum absolute atomic E-state index is 0.216. The quantitative estimate of drug-likeness (QED) is 0.881. The normalized spacial score (nSPS) is 12.7. The Morgan fingerprint density at radius 3 is 3.00 bits per heavy atom. The van der Waals surface area contributed by atoms with Crippen LogP contribution in [0.3, 0.4) is 0 Å². The third kappa shape index (κ3) is 2.10. The van der Waals surface area contributed by atoms with Crippen molar-refractivity contribution in [3.63, 3.8) is 0 Å². The molecule has 0 amide bonds. The molecule has 0 bridgehead atoms. The molecular formula is C12H12N2O4. The van der Waals surface area contributed by atoms with Crippen LogP contribution in [0.5, 0.6) is 17.6 Å². The molecule has 2 N–H and O–H groups in total. The number of aromatic nitrogens is 1. The highest BCUT2D eigenvalue weighted by Gasteiger charge is 2.13. The van der Waals surface area contributed by atoms with Crippen molar-refractivity contribution in [1.82, 2.24) is 4.98 Å². The Kier molecular flexibility index (Phi) is 2.77. The highest BCUT2D eigenvalue weighted by atomic mass is 16.7. The Labute approximate surface area is 103 Å². The summed E-state index contributed by atoms with van der Waals surface area (Å²) in [4.78, 5) is 4.05. The summed E-state index contributed by atoms with van der Waals surface area (Å²) in [5.41, 5.74) is 7.04. The van der Waals surface area contributed by atoms with Gasteiger partial charge in [-0.15, -0.1) is 0 Å². The zero-order valence-corrected chi connectivity index (χ0v) is 9.59. The molecule has 18 heavy (non-hydrogen) atoms. The molecule has 94 valence electrons. The van der Waals surface area contributed by atoms with E-state index in [9.17, 15) is 0 Å². The molecule has 0 unspecified atom stereocenters.